The van der Waals surface area contributed by atoms with Crippen LogP contribution < -0.4 is 15.5 Å². The second-order valence-electron chi connectivity index (χ2n) is 11.0. The summed E-state index contributed by atoms with van der Waals surface area (Å²) in [6, 6.07) is 10.5. The Hall–Kier alpha value is -4.78. The summed E-state index contributed by atoms with van der Waals surface area (Å²) in [6.07, 6.45) is 7.99. The normalized spacial score (nSPS) is 20.6. The molecule has 3 N–H and O–H groups in total. The Balaban J connectivity index is 1.19. The average molecular weight is 570 g/mol. The van der Waals surface area contributed by atoms with E-state index in [1.54, 1.807) is 24.5 Å². The number of benzene rings is 1. The first-order chi connectivity index (χ1) is 20.5. The number of rotatable bonds is 5. The van der Waals surface area contributed by atoms with Gasteiger partial charge in [-0.2, -0.15) is 5.10 Å². The number of likely N-dealkylation sites (tertiary alicyclic amines) is 1. The van der Waals surface area contributed by atoms with Crippen LogP contribution in [0, 0.1) is 0 Å². The lowest BCUT2D eigenvalue weighted by Gasteiger charge is -2.33. The predicted octanol–water partition coefficient (Wildman–Crippen LogP) is 4.21. The lowest BCUT2D eigenvalue weighted by Crippen LogP contribution is -2.43. The summed E-state index contributed by atoms with van der Waals surface area (Å²) in [6.45, 7) is 2.45. The molecular formula is C29H31N9O4. The van der Waals surface area contributed by atoms with Gasteiger partial charge in [-0.05, 0) is 62.1 Å². The van der Waals surface area contributed by atoms with Crippen LogP contribution in [0.15, 0.2) is 55.0 Å². The molecule has 42 heavy (non-hydrogen) atoms. The van der Waals surface area contributed by atoms with E-state index < -0.39 is 6.09 Å². The van der Waals surface area contributed by atoms with E-state index in [0.717, 1.165) is 48.3 Å². The molecule has 3 aliphatic heterocycles. The van der Waals surface area contributed by atoms with E-state index in [1.165, 1.54) is 4.90 Å². The van der Waals surface area contributed by atoms with Crippen LogP contribution in [0.5, 0.6) is 0 Å². The van der Waals surface area contributed by atoms with Gasteiger partial charge in [-0.25, -0.2) is 24.2 Å². The minimum Gasteiger partial charge on any atom is -0.465 e. The molecule has 3 aromatic heterocycles. The van der Waals surface area contributed by atoms with Crippen LogP contribution in [0.3, 0.4) is 0 Å². The van der Waals surface area contributed by atoms with Crippen LogP contribution in [0.1, 0.15) is 31.7 Å². The highest BCUT2D eigenvalue weighted by molar-refractivity contribution is 5.99. The number of carboxylic acid groups (broad SMARTS) is 1. The van der Waals surface area contributed by atoms with Crippen LogP contribution in [-0.2, 0) is 4.74 Å². The number of carbonyl (C=O) groups is 2. The number of anilines is 3. The highest BCUT2D eigenvalue weighted by Gasteiger charge is 2.36. The van der Waals surface area contributed by atoms with Crippen molar-refractivity contribution in [1.29, 1.82) is 0 Å². The maximum absolute atomic E-state index is 12.4. The largest absolute Gasteiger partial charge is 0.465 e. The second-order valence-corrected chi connectivity index (χ2v) is 11.0. The number of carbonyl (C=O) groups excluding carboxylic acids is 1. The fourth-order valence-corrected chi connectivity index (χ4v) is 6.07. The molecule has 216 valence electrons. The summed E-state index contributed by atoms with van der Waals surface area (Å²) in [7, 11) is 0. The van der Waals surface area contributed by atoms with Gasteiger partial charge in [0, 0.05) is 55.5 Å². The van der Waals surface area contributed by atoms with Gasteiger partial charge in [-0.1, -0.05) is 0 Å². The molecule has 13 nitrogen and oxygen atoms in total. The van der Waals surface area contributed by atoms with Crippen molar-refractivity contribution in [3.8, 4) is 11.4 Å². The monoisotopic (exact) mass is 569 g/mol. The Kier molecular flexibility index (Phi) is 6.78. The first-order valence-electron chi connectivity index (χ1n) is 14.2. The molecule has 0 aliphatic carbocycles. The number of aromatic nitrogens is 5. The van der Waals surface area contributed by atoms with Crippen LogP contribution >= 0.6 is 0 Å². The maximum atomic E-state index is 12.4. The third-order valence-corrected chi connectivity index (χ3v) is 8.20. The first-order valence-corrected chi connectivity index (χ1v) is 14.2. The van der Waals surface area contributed by atoms with Crippen molar-refractivity contribution in [1.82, 2.24) is 29.6 Å². The van der Waals surface area contributed by atoms with E-state index in [9.17, 15) is 14.7 Å². The van der Waals surface area contributed by atoms with Crippen LogP contribution in [0.2, 0.25) is 0 Å². The third kappa shape index (κ3) is 5.18. The van der Waals surface area contributed by atoms with E-state index in [0.29, 0.717) is 43.1 Å². The van der Waals surface area contributed by atoms with Gasteiger partial charge < -0.3 is 30.3 Å². The second kappa shape index (κ2) is 10.9. The minimum atomic E-state index is -0.889. The third-order valence-electron chi connectivity index (χ3n) is 8.20. The van der Waals surface area contributed by atoms with Crippen molar-refractivity contribution in [2.75, 3.05) is 41.7 Å². The molecule has 2 bridgehead atoms. The molecule has 3 fully saturated rings. The molecule has 2 atom stereocenters. The summed E-state index contributed by atoms with van der Waals surface area (Å²) < 4.78 is 8.03. The number of fused-ring (bicyclic) bond motifs is 3. The summed E-state index contributed by atoms with van der Waals surface area (Å²) in [4.78, 5) is 41.6. The molecule has 3 amide bonds. The minimum absolute atomic E-state index is 0.0417. The standard InChI is InChI=1S/C29H31N9O4/c39-28(33-20-7-11-30-12-8-20)32-19-3-1-18(2-4-19)25-34-26(37-16-22-5-6-23(17-37)42-22)24-15-31-38(27(24)35-25)21-9-13-36(14-10-21)29(40)41/h1-4,7-8,11-12,15,21-23H,5-6,9-10,13-14,16-17H2,(H,40,41)(H2,30,32,33,39). The molecule has 13 heteroatoms. The number of ether oxygens (including phenoxy) is 1. The van der Waals surface area contributed by atoms with Crippen LogP contribution in [0.4, 0.5) is 26.8 Å². The van der Waals surface area contributed by atoms with Gasteiger partial charge in [0.15, 0.2) is 11.5 Å². The number of piperidine rings is 1. The fraction of sp³-hybridized carbons (Fsp3) is 0.379. The van der Waals surface area contributed by atoms with Crippen LogP contribution in [-0.4, -0.2) is 85.3 Å². The zero-order valence-electron chi connectivity index (χ0n) is 22.9. The number of pyridine rings is 1. The highest BCUT2D eigenvalue weighted by atomic mass is 16.5. The van der Waals surface area contributed by atoms with Gasteiger partial charge in [-0.3, -0.25) is 4.98 Å². The molecule has 4 aromatic rings. The van der Waals surface area contributed by atoms with Gasteiger partial charge in [0.1, 0.15) is 5.82 Å². The lowest BCUT2D eigenvalue weighted by atomic mass is 10.1. The SMILES string of the molecule is O=C(Nc1ccncc1)Nc1ccc(-c2nc(N3CC4CCC(C3)O4)c3cnn(C4CCN(C(=O)O)CC4)c3n2)cc1. The Labute approximate surface area is 241 Å². The molecule has 0 saturated carbocycles. The molecule has 3 saturated heterocycles. The topological polar surface area (TPSA) is 151 Å². The lowest BCUT2D eigenvalue weighted by molar-refractivity contribution is 0.0303. The number of morpholine rings is 1. The van der Waals surface area contributed by atoms with Crippen molar-refractivity contribution >= 4 is 40.4 Å². The van der Waals surface area contributed by atoms with Crippen molar-refractivity contribution < 1.29 is 19.4 Å². The Morgan fingerprint density at radius 1 is 0.881 bits per heavy atom. The predicted molar refractivity (Wildman–Crippen MR) is 156 cm³/mol. The highest BCUT2D eigenvalue weighted by Crippen LogP contribution is 2.35. The number of hydrogen-bond acceptors (Lipinski definition) is 8. The molecule has 3 aliphatic rings. The molecule has 2 unspecified atom stereocenters. The van der Waals surface area contributed by atoms with E-state index >= 15 is 0 Å². The van der Waals surface area contributed by atoms with Gasteiger partial charge in [-0.15, -0.1) is 0 Å². The Morgan fingerprint density at radius 3 is 2.21 bits per heavy atom. The van der Waals surface area contributed by atoms with Crippen molar-refractivity contribution in [3.63, 3.8) is 0 Å². The van der Waals surface area contributed by atoms with E-state index in [-0.39, 0.29) is 24.3 Å². The van der Waals surface area contributed by atoms with E-state index in [1.807, 2.05) is 35.1 Å². The zero-order valence-corrected chi connectivity index (χ0v) is 22.9. The number of nitrogens with zero attached hydrogens (tertiary/aromatic N) is 7. The number of nitrogens with one attached hydrogen (secondary N) is 2. The van der Waals surface area contributed by atoms with Crippen molar-refractivity contribution in [2.45, 2.75) is 43.9 Å². The van der Waals surface area contributed by atoms with E-state index in [2.05, 4.69) is 20.5 Å². The van der Waals surface area contributed by atoms with Gasteiger partial charge in [0.2, 0.25) is 0 Å². The number of hydrogen-bond donors (Lipinski definition) is 3. The Morgan fingerprint density at radius 2 is 1.55 bits per heavy atom. The Bertz CT molecular complexity index is 1590. The summed E-state index contributed by atoms with van der Waals surface area (Å²) in [5.74, 6) is 1.40. The van der Waals surface area contributed by atoms with Crippen molar-refractivity contribution in [2.24, 2.45) is 0 Å². The maximum Gasteiger partial charge on any atom is 0.407 e. The van der Waals surface area contributed by atoms with Gasteiger partial charge >= 0.3 is 12.1 Å². The molecule has 0 radical (unpaired) electrons. The molecule has 1 aromatic carbocycles. The smallest absolute Gasteiger partial charge is 0.407 e. The van der Waals surface area contributed by atoms with Crippen LogP contribution in [0.25, 0.3) is 22.4 Å². The van der Waals surface area contributed by atoms with Gasteiger partial charge in [0.05, 0.1) is 29.8 Å². The first kappa shape index (κ1) is 26.1. The average Bonchev–Trinajstić information content (AvgIpc) is 3.59. The molecular weight excluding hydrogens is 538 g/mol. The number of amides is 3. The van der Waals surface area contributed by atoms with Crippen molar-refractivity contribution in [3.05, 3.63) is 55.0 Å². The summed E-state index contributed by atoms with van der Waals surface area (Å²) >= 11 is 0. The van der Waals surface area contributed by atoms with Gasteiger partial charge in [0.25, 0.3) is 0 Å². The van der Waals surface area contributed by atoms with E-state index in [4.69, 9.17) is 19.8 Å². The molecule has 0 spiro atoms. The molecule has 7 rings (SSSR count). The fourth-order valence-electron chi connectivity index (χ4n) is 6.07. The summed E-state index contributed by atoms with van der Waals surface area (Å²) in [5.41, 5.74) is 2.83. The molecule has 6 heterocycles. The number of urea groups is 1. The summed E-state index contributed by atoms with van der Waals surface area (Å²) in [5, 5.41) is 20.6. The quantitative estimate of drug-likeness (QED) is 0.321. The zero-order chi connectivity index (χ0) is 28.6.